The lowest BCUT2D eigenvalue weighted by Gasteiger charge is -2.02. The van der Waals surface area contributed by atoms with Gasteiger partial charge in [-0.15, -0.1) is 11.3 Å². The van der Waals surface area contributed by atoms with Crippen LogP contribution in [0, 0.1) is 0 Å². The topological polar surface area (TPSA) is 37.8 Å². The normalized spacial score (nSPS) is 15.1. The van der Waals surface area contributed by atoms with Gasteiger partial charge in [0.25, 0.3) is 0 Å². The Kier molecular flexibility index (Phi) is 3.40. The lowest BCUT2D eigenvalue weighted by Crippen LogP contribution is -2.15. The van der Waals surface area contributed by atoms with E-state index in [1.807, 2.05) is 18.5 Å². The fourth-order valence-corrected chi connectivity index (χ4v) is 3.02. The van der Waals surface area contributed by atoms with Crippen LogP contribution in [0.2, 0.25) is 0 Å². The molecule has 5 heteroatoms. The number of nitrogens with one attached hydrogen (secondary N) is 1. The summed E-state index contributed by atoms with van der Waals surface area (Å²) in [6.07, 6.45) is 6.46. The average molecular weight is 263 g/mol. The van der Waals surface area contributed by atoms with Crippen molar-refractivity contribution < 1.29 is 0 Å². The Labute approximate surface area is 109 Å². The molecule has 17 heavy (non-hydrogen) atoms. The van der Waals surface area contributed by atoms with Crippen LogP contribution in [0.3, 0.4) is 0 Å². The molecule has 88 valence electrons. The van der Waals surface area contributed by atoms with Crippen LogP contribution in [0.25, 0.3) is 0 Å². The predicted molar refractivity (Wildman–Crippen MR) is 70.3 cm³/mol. The molecule has 0 radical (unpaired) electrons. The van der Waals surface area contributed by atoms with E-state index in [4.69, 9.17) is 0 Å². The quantitative estimate of drug-likeness (QED) is 0.842. The zero-order valence-corrected chi connectivity index (χ0v) is 10.9. The zero-order chi connectivity index (χ0) is 11.5. The van der Waals surface area contributed by atoms with Gasteiger partial charge in [-0.1, -0.05) is 6.07 Å². The molecule has 1 aliphatic rings. The number of thiophene rings is 1. The maximum atomic E-state index is 4.37. The molecule has 0 amide bonds. The largest absolute Gasteiger partial charge is 0.310 e. The van der Waals surface area contributed by atoms with Gasteiger partial charge in [-0.2, -0.15) is 0 Å². The van der Waals surface area contributed by atoms with Crippen molar-refractivity contribution in [1.29, 1.82) is 0 Å². The van der Waals surface area contributed by atoms with Crippen LogP contribution in [0.15, 0.2) is 39.3 Å². The van der Waals surface area contributed by atoms with E-state index in [0.29, 0.717) is 0 Å². The van der Waals surface area contributed by atoms with Crippen molar-refractivity contribution in [1.82, 2.24) is 15.3 Å². The van der Waals surface area contributed by atoms with E-state index in [2.05, 4.69) is 26.7 Å². The highest BCUT2D eigenvalue weighted by molar-refractivity contribution is 8.01. The van der Waals surface area contributed by atoms with E-state index >= 15 is 0 Å². The maximum absolute atomic E-state index is 4.37. The highest BCUT2D eigenvalue weighted by Gasteiger charge is 2.19. The number of hydrogen-bond acceptors (Lipinski definition) is 5. The number of aromatic nitrogens is 2. The first-order valence-electron chi connectivity index (χ1n) is 5.66. The van der Waals surface area contributed by atoms with Crippen LogP contribution < -0.4 is 5.32 Å². The van der Waals surface area contributed by atoms with Gasteiger partial charge in [-0.25, -0.2) is 9.97 Å². The van der Waals surface area contributed by atoms with Crippen molar-refractivity contribution in [3.05, 3.63) is 35.5 Å². The molecular formula is C12H13N3S2. The Bertz CT molecular complexity index is 463. The molecule has 2 aromatic heterocycles. The molecule has 0 saturated heterocycles. The van der Waals surface area contributed by atoms with E-state index in [1.54, 1.807) is 23.1 Å². The Hall–Kier alpha value is -0.910. The summed E-state index contributed by atoms with van der Waals surface area (Å²) >= 11 is 3.33. The number of nitrogens with zero attached hydrogens (tertiary/aromatic N) is 2. The smallest absolute Gasteiger partial charge is 0.193 e. The second-order valence-electron chi connectivity index (χ2n) is 4.06. The van der Waals surface area contributed by atoms with Crippen LogP contribution in [-0.2, 0) is 6.54 Å². The summed E-state index contributed by atoms with van der Waals surface area (Å²) < 4.78 is 1.23. The minimum absolute atomic E-state index is 0.732. The van der Waals surface area contributed by atoms with Gasteiger partial charge < -0.3 is 5.32 Å². The minimum Gasteiger partial charge on any atom is -0.310 e. The van der Waals surface area contributed by atoms with Crippen LogP contribution >= 0.6 is 23.1 Å². The Morgan fingerprint density at radius 1 is 1.35 bits per heavy atom. The molecule has 1 N–H and O–H groups in total. The molecule has 1 saturated carbocycles. The fraction of sp³-hybridized carbons (Fsp3) is 0.333. The monoisotopic (exact) mass is 263 g/mol. The van der Waals surface area contributed by atoms with E-state index in [1.165, 1.54) is 17.1 Å². The summed E-state index contributed by atoms with van der Waals surface area (Å²) in [7, 11) is 0. The van der Waals surface area contributed by atoms with Gasteiger partial charge in [0, 0.05) is 30.5 Å². The van der Waals surface area contributed by atoms with Crippen molar-refractivity contribution in [3.8, 4) is 0 Å². The third kappa shape index (κ3) is 3.28. The summed E-state index contributed by atoms with van der Waals surface area (Å²) in [6, 6.07) is 4.86. The van der Waals surface area contributed by atoms with Crippen molar-refractivity contribution >= 4 is 23.1 Å². The Balaban J connectivity index is 1.58. The van der Waals surface area contributed by atoms with Gasteiger partial charge in [0.2, 0.25) is 0 Å². The van der Waals surface area contributed by atoms with E-state index in [0.717, 1.165) is 23.3 Å². The first-order valence-corrected chi connectivity index (χ1v) is 7.35. The van der Waals surface area contributed by atoms with Crippen LogP contribution in [0.4, 0.5) is 0 Å². The van der Waals surface area contributed by atoms with Crippen molar-refractivity contribution in [2.75, 3.05) is 0 Å². The first kappa shape index (κ1) is 11.2. The van der Waals surface area contributed by atoms with Gasteiger partial charge >= 0.3 is 0 Å². The molecular weight excluding hydrogens is 250 g/mol. The molecule has 3 nitrogen and oxygen atoms in total. The van der Waals surface area contributed by atoms with Crippen molar-refractivity contribution in [2.24, 2.45) is 0 Å². The molecule has 2 heterocycles. The highest BCUT2D eigenvalue weighted by Crippen LogP contribution is 2.28. The van der Waals surface area contributed by atoms with Crippen LogP contribution in [-0.4, -0.2) is 16.0 Å². The second kappa shape index (κ2) is 5.16. The third-order valence-electron chi connectivity index (χ3n) is 2.54. The predicted octanol–water partition coefficient (Wildman–Crippen LogP) is 2.94. The third-order valence-corrected chi connectivity index (χ3v) is 4.47. The molecule has 0 aromatic carbocycles. The molecule has 0 bridgehead atoms. The molecule has 3 rings (SSSR count). The van der Waals surface area contributed by atoms with Crippen molar-refractivity contribution in [2.45, 2.75) is 34.8 Å². The van der Waals surface area contributed by atoms with Gasteiger partial charge in [-0.3, -0.25) is 0 Å². The highest BCUT2D eigenvalue weighted by atomic mass is 32.2. The lowest BCUT2D eigenvalue weighted by atomic mass is 10.3. The Morgan fingerprint density at radius 3 is 2.82 bits per heavy atom. The lowest BCUT2D eigenvalue weighted by molar-refractivity contribution is 0.680. The standard InChI is InChI=1S/C12H13N3S2/c1-2-11(16-5-1)17-12-14-7-9(8-15-12)6-13-10-3-4-10/h1-2,5,7-8,10,13H,3-4,6H2. The van der Waals surface area contributed by atoms with Crippen LogP contribution in [0.5, 0.6) is 0 Å². The maximum Gasteiger partial charge on any atom is 0.193 e. The molecule has 1 aliphatic carbocycles. The SMILES string of the molecule is c1csc(Sc2ncc(CNC3CC3)cn2)c1. The first-order chi connectivity index (χ1) is 8.40. The van der Waals surface area contributed by atoms with Crippen molar-refractivity contribution in [3.63, 3.8) is 0 Å². The van der Waals surface area contributed by atoms with Gasteiger partial charge in [0.1, 0.15) is 0 Å². The Morgan fingerprint density at radius 2 is 2.18 bits per heavy atom. The molecule has 0 aliphatic heterocycles. The average Bonchev–Trinajstić information content (AvgIpc) is 3.05. The van der Waals surface area contributed by atoms with E-state index < -0.39 is 0 Å². The van der Waals surface area contributed by atoms with E-state index in [-0.39, 0.29) is 0 Å². The zero-order valence-electron chi connectivity index (χ0n) is 9.30. The van der Waals surface area contributed by atoms with Gasteiger partial charge in [-0.05, 0) is 36.0 Å². The summed E-state index contributed by atoms with van der Waals surface area (Å²) in [6.45, 7) is 0.884. The fourth-order valence-electron chi connectivity index (χ4n) is 1.45. The van der Waals surface area contributed by atoms with Gasteiger partial charge in [0.15, 0.2) is 5.16 Å². The molecule has 0 spiro atoms. The van der Waals surface area contributed by atoms with Gasteiger partial charge in [0.05, 0.1) is 4.21 Å². The van der Waals surface area contributed by atoms with E-state index in [9.17, 15) is 0 Å². The molecule has 1 fully saturated rings. The second-order valence-corrected chi connectivity index (χ2v) is 6.28. The van der Waals surface area contributed by atoms with Crippen LogP contribution in [0.1, 0.15) is 18.4 Å². The number of hydrogen-bond donors (Lipinski definition) is 1. The number of rotatable bonds is 5. The molecule has 0 atom stereocenters. The summed E-state index contributed by atoms with van der Waals surface area (Å²) in [5, 5.41) is 6.34. The minimum atomic E-state index is 0.732. The summed E-state index contributed by atoms with van der Waals surface area (Å²) in [4.78, 5) is 8.74. The molecule has 0 unspecified atom stereocenters. The summed E-state index contributed by atoms with van der Waals surface area (Å²) in [5.74, 6) is 0. The molecule has 2 aromatic rings. The summed E-state index contributed by atoms with van der Waals surface area (Å²) in [5.41, 5.74) is 1.16.